The van der Waals surface area contributed by atoms with Crippen LogP contribution >= 0.6 is 7.82 Å². The Kier molecular flexibility index (Phi) is 35.1. The van der Waals surface area contributed by atoms with Gasteiger partial charge in [0.05, 0.1) is 13.2 Å². The number of hydrogen-bond acceptors (Lipinski definition) is 7. The highest BCUT2D eigenvalue weighted by atomic mass is 31.2. The lowest BCUT2D eigenvalue weighted by molar-refractivity contribution is -0.147. The van der Waals surface area contributed by atoms with Gasteiger partial charge in [0, 0.05) is 19.4 Å². The second kappa shape index (κ2) is 35.8. The summed E-state index contributed by atoms with van der Waals surface area (Å²) in [6.45, 7) is 3.53. The van der Waals surface area contributed by atoms with Gasteiger partial charge in [0.2, 0.25) is 5.91 Å². The molecule has 2 atom stereocenters. The lowest BCUT2D eigenvalue weighted by atomic mass is 10.0. The van der Waals surface area contributed by atoms with Gasteiger partial charge in [-0.05, 0) is 12.8 Å². The van der Waals surface area contributed by atoms with E-state index in [4.69, 9.17) is 13.8 Å². The van der Waals surface area contributed by atoms with Gasteiger partial charge in [0.1, 0.15) is 12.7 Å². The molecule has 0 spiro atoms. The standard InChI is InChI=1S/C38H76NO8P/c1-3-5-7-9-11-12-13-14-15-16-17-18-19-20-21-22-23-25-27-29-31-38(42)45-34-36(40)35-47-48(43,44)46-33-32-39-37(41)30-28-26-24-10-8-6-4-2/h36,40H,3-35H2,1-2H3,(H,39,41)(H,43,44). The molecule has 9 nitrogen and oxygen atoms in total. The van der Waals surface area contributed by atoms with E-state index in [1.807, 2.05) is 0 Å². The molecule has 3 N–H and O–H groups in total. The molecule has 286 valence electrons. The fourth-order valence-electron chi connectivity index (χ4n) is 5.73. The van der Waals surface area contributed by atoms with Crippen LogP contribution in [0, 0.1) is 0 Å². The summed E-state index contributed by atoms with van der Waals surface area (Å²) in [7, 11) is -4.40. The van der Waals surface area contributed by atoms with Crippen molar-refractivity contribution in [3.05, 3.63) is 0 Å². The molecule has 0 radical (unpaired) electrons. The molecule has 0 aromatic heterocycles. The maximum Gasteiger partial charge on any atom is 0.472 e. The largest absolute Gasteiger partial charge is 0.472 e. The molecule has 1 amide bonds. The van der Waals surface area contributed by atoms with Gasteiger partial charge in [-0.25, -0.2) is 4.57 Å². The summed E-state index contributed by atoms with van der Waals surface area (Å²) >= 11 is 0. The summed E-state index contributed by atoms with van der Waals surface area (Å²) in [6.07, 6.45) is 33.4. The number of nitrogens with one attached hydrogen (secondary N) is 1. The first kappa shape index (κ1) is 47.0. The Morgan fingerprint density at radius 2 is 0.938 bits per heavy atom. The number of carbonyl (C=O) groups excluding carboxylic acids is 2. The molecule has 10 heteroatoms. The van der Waals surface area contributed by atoms with Crippen molar-refractivity contribution in [3.8, 4) is 0 Å². The number of phosphoric acid groups is 1. The van der Waals surface area contributed by atoms with E-state index in [1.165, 1.54) is 135 Å². The molecular weight excluding hydrogens is 629 g/mol. The first-order chi connectivity index (χ1) is 23.3. The minimum Gasteiger partial charge on any atom is -0.463 e. The van der Waals surface area contributed by atoms with Gasteiger partial charge in [0.15, 0.2) is 0 Å². The van der Waals surface area contributed by atoms with Crippen LogP contribution in [-0.4, -0.2) is 54.3 Å². The van der Waals surface area contributed by atoms with Gasteiger partial charge in [0.25, 0.3) is 0 Å². The number of carbonyl (C=O) groups is 2. The van der Waals surface area contributed by atoms with Crippen LogP contribution in [0.1, 0.15) is 200 Å². The lowest BCUT2D eigenvalue weighted by Crippen LogP contribution is -2.27. The third-order valence-corrected chi connectivity index (χ3v) is 9.77. The first-order valence-corrected chi connectivity index (χ1v) is 21.5. The van der Waals surface area contributed by atoms with Crippen LogP contribution in [0.25, 0.3) is 0 Å². The molecule has 0 heterocycles. The van der Waals surface area contributed by atoms with Crippen LogP contribution in [0.2, 0.25) is 0 Å². The van der Waals surface area contributed by atoms with E-state index in [1.54, 1.807) is 0 Å². The van der Waals surface area contributed by atoms with Gasteiger partial charge in [-0.1, -0.05) is 174 Å². The van der Waals surface area contributed by atoms with Crippen molar-refractivity contribution in [2.75, 3.05) is 26.4 Å². The molecule has 0 aliphatic carbocycles. The van der Waals surface area contributed by atoms with Crippen LogP contribution in [0.4, 0.5) is 0 Å². The molecule has 0 saturated carbocycles. The van der Waals surface area contributed by atoms with Crippen molar-refractivity contribution in [2.45, 2.75) is 206 Å². The van der Waals surface area contributed by atoms with Gasteiger partial charge in [-0.3, -0.25) is 18.6 Å². The zero-order valence-corrected chi connectivity index (χ0v) is 32.1. The molecule has 0 bridgehead atoms. The third-order valence-electron chi connectivity index (χ3n) is 8.79. The number of hydrogen-bond donors (Lipinski definition) is 3. The van der Waals surface area contributed by atoms with Crippen LogP contribution in [0.3, 0.4) is 0 Å². The number of ether oxygens (including phenoxy) is 1. The van der Waals surface area contributed by atoms with Crippen LogP contribution < -0.4 is 5.32 Å². The van der Waals surface area contributed by atoms with E-state index in [2.05, 4.69) is 19.2 Å². The van der Waals surface area contributed by atoms with Crippen molar-refractivity contribution < 1.29 is 37.9 Å². The van der Waals surface area contributed by atoms with E-state index < -0.39 is 26.5 Å². The van der Waals surface area contributed by atoms with Gasteiger partial charge in [-0.15, -0.1) is 0 Å². The van der Waals surface area contributed by atoms with Crippen LogP contribution in [-0.2, 0) is 27.9 Å². The molecule has 48 heavy (non-hydrogen) atoms. The summed E-state index contributed by atoms with van der Waals surface area (Å²) in [5, 5.41) is 12.6. The van der Waals surface area contributed by atoms with E-state index >= 15 is 0 Å². The van der Waals surface area contributed by atoms with Gasteiger partial charge < -0.3 is 20.1 Å². The lowest BCUT2D eigenvalue weighted by Gasteiger charge is -2.15. The Balaban J connectivity index is 3.52. The maximum atomic E-state index is 12.0. The van der Waals surface area contributed by atoms with Crippen LogP contribution in [0.5, 0.6) is 0 Å². The van der Waals surface area contributed by atoms with E-state index in [9.17, 15) is 24.2 Å². The number of phosphoric ester groups is 1. The topological polar surface area (TPSA) is 131 Å². The molecule has 0 rings (SSSR count). The SMILES string of the molecule is CCCCCCCCCCCCCCCCCCCCCCC(=O)OCC(O)COP(=O)(O)OCCNC(=O)CCCCCCCCC. The number of amides is 1. The van der Waals surface area contributed by atoms with Crippen LogP contribution in [0.15, 0.2) is 0 Å². The average molecular weight is 706 g/mol. The summed E-state index contributed by atoms with van der Waals surface area (Å²) in [5.41, 5.74) is 0. The molecule has 0 aromatic carbocycles. The Hall–Kier alpha value is -0.990. The predicted molar refractivity (Wildman–Crippen MR) is 197 cm³/mol. The number of unbranched alkanes of at least 4 members (excludes halogenated alkanes) is 25. The molecule has 2 unspecified atom stereocenters. The van der Waals surface area contributed by atoms with Crippen molar-refractivity contribution in [1.82, 2.24) is 5.32 Å². The first-order valence-electron chi connectivity index (χ1n) is 20.0. The monoisotopic (exact) mass is 706 g/mol. The summed E-state index contributed by atoms with van der Waals surface area (Å²) in [6, 6.07) is 0. The van der Waals surface area contributed by atoms with Crippen molar-refractivity contribution >= 4 is 19.7 Å². The fraction of sp³-hybridized carbons (Fsp3) is 0.947. The smallest absolute Gasteiger partial charge is 0.463 e. The normalized spacial score (nSPS) is 13.3. The Bertz CT molecular complexity index is 769. The van der Waals surface area contributed by atoms with Gasteiger partial charge in [-0.2, -0.15) is 0 Å². The molecule has 0 fully saturated rings. The molecule has 0 aromatic rings. The zero-order chi connectivity index (χ0) is 35.4. The third kappa shape index (κ3) is 36.3. The number of aliphatic hydroxyl groups is 1. The number of aliphatic hydroxyl groups excluding tert-OH is 1. The Morgan fingerprint density at radius 3 is 1.35 bits per heavy atom. The minimum atomic E-state index is -4.40. The fourth-order valence-corrected chi connectivity index (χ4v) is 6.49. The zero-order valence-electron chi connectivity index (χ0n) is 31.2. The van der Waals surface area contributed by atoms with Crippen molar-refractivity contribution in [2.24, 2.45) is 0 Å². The summed E-state index contributed by atoms with van der Waals surface area (Å²) in [4.78, 5) is 33.6. The maximum absolute atomic E-state index is 12.0. The van der Waals surface area contributed by atoms with E-state index in [0.717, 1.165) is 38.5 Å². The number of rotatable bonds is 38. The number of esters is 1. The summed E-state index contributed by atoms with van der Waals surface area (Å²) in [5.74, 6) is -0.513. The summed E-state index contributed by atoms with van der Waals surface area (Å²) < 4.78 is 26.7. The highest BCUT2D eigenvalue weighted by Crippen LogP contribution is 2.42. The Morgan fingerprint density at radius 1 is 0.562 bits per heavy atom. The molecular formula is C38H76NO8P. The second-order valence-electron chi connectivity index (χ2n) is 13.6. The molecule has 0 aliphatic rings. The quantitative estimate of drug-likeness (QED) is 0.0329. The van der Waals surface area contributed by atoms with Gasteiger partial charge >= 0.3 is 13.8 Å². The predicted octanol–water partition coefficient (Wildman–Crippen LogP) is 10.5. The second-order valence-corrected chi connectivity index (χ2v) is 15.1. The molecule has 0 aliphatic heterocycles. The average Bonchev–Trinajstić information content (AvgIpc) is 3.07. The van der Waals surface area contributed by atoms with Crippen molar-refractivity contribution in [1.29, 1.82) is 0 Å². The highest BCUT2D eigenvalue weighted by molar-refractivity contribution is 7.47. The minimum absolute atomic E-state index is 0.0862. The molecule has 0 saturated heterocycles. The van der Waals surface area contributed by atoms with E-state index in [-0.39, 0.29) is 25.7 Å². The highest BCUT2D eigenvalue weighted by Gasteiger charge is 2.23. The van der Waals surface area contributed by atoms with E-state index in [0.29, 0.717) is 12.8 Å². The Labute approximate surface area is 295 Å². The van der Waals surface area contributed by atoms with Crippen molar-refractivity contribution in [3.63, 3.8) is 0 Å².